The van der Waals surface area contributed by atoms with Crippen LogP contribution in [0.1, 0.15) is 86.0 Å². The Morgan fingerprint density at radius 2 is 1.74 bits per heavy atom. The van der Waals surface area contributed by atoms with Crippen molar-refractivity contribution in [1.82, 2.24) is 5.32 Å². The molecule has 2 aliphatic heterocycles. The first-order chi connectivity index (χ1) is 10.8. The summed E-state index contributed by atoms with van der Waals surface area (Å²) in [6, 6.07) is 0.620. The average Bonchev–Trinajstić information content (AvgIpc) is 2.43. The fraction of sp³-hybridized carbons (Fsp3) is 1.00. The highest BCUT2D eigenvalue weighted by Gasteiger charge is 2.40. The Labute approximate surface area is 143 Å². The number of nitrogens with one attached hydrogen (secondary N) is 1. The Hall–Kier alpha value is -0.120. The standard InChI is InChI=1S/C20H39NO2/c1-6-7-9-20(11-14-23-19(4,5)16-20)10-12-21-17-8-13-22-18(2,3)15-17/h17,21H,6-16H2,1-5H3. The molecule has 23 heavy (non-hydrogen) atoms. The third-order valence-corrected chi connectivity index (χ3v) is 5.77. The van der Waals surface area contributed by atoms with Crippen LogP contribution in [0.5, 0.6) is 0 Å². The summed E-state index contributed by atoms with van der Waals surface area (Å²) in [4.78, 5) is 0. The molecule has 0 aromatic rings. The van der Waals surface area contributed by atoms with Crippen molar-refractivity contribution in [1.29, 1.82) is 0 Å². The number of unbranched alkanes of at least 4 members (excludes halogenated alkanes) is 1. The van der Waals surface area contributed by atoms with Crippen LogP contribution < -0.4 is 5.32 Å². The van der Waals surface area contributed by atoms with Gasteiger partial charge in [0.05, 0.1) is 11.2 Å². The van der Waals surface area contributed by atoms with Crippen LogP contribution in [0.25, 0.3) is 0 Å². The summed E-state index contributed by atoms with van der Waals surface area (Å²) in [5.41, 5.74) is 0.564. The largest absolute Gasteiger partial charge is 0.376 e. The zero-order valence-electron chi connectivity index (χ0n) is 16.2. The van der Waals surface area contributed by atoms with Gasteiger partial charge >= 0.3 is 0 Å². The highest BCUT2D eigenvalue weighted by atomic mass is 16.5. The van der Waals surface area contributed by atoms with Crippen molar-refractivity contribution >= 4 is 0 Å². The van der Waals surface area contributed by atoms with Gasteiger partial charge in [-0.2, -0.15) is 0 Å². The summed E-state index contributed by atoms with van der Waals surface area (Å²) in [5.74, 6) is 0. The summed E-state index contributed by atoms with van der Waals surface area (Å²) in [6.45, 7) is 14.2. The van der Waals surface area contributed by atoms with Crippen LogP contribution in [0.4, 0.5) is 0 Å². The van der Waals surface area contributed by atoms with E-state index < -0.39 is 0 Å². The molecule has 0 amide bonds. The van der Waals surface area contributed by atoms with Crippen molar-refractivity contribution < 1.29 is 9.47 Å². The highest BCUT2D eigenvalue weighted by Crippen LogP contribution is 2.45. The lowest BCUT2D eigenvalue weighted by Gasteiger charge is -2.46. The van der Waals surface area contributed by atoms with E-state index in [1.165, 1.54) is 38.5 Å². The van der Waals surface area contributed by atoms with Crippen molar-refractivity contribution in [3.63, 3.8) is 0 Å². The van der Waals surface area contributed by atoms with Crippen molar-refractivity contribution in [3.8, 4) is 0 Å². The molecule has 0 spiro atoms. The van der Waals surface area contributed by atoms with E-state index in [0.29, 0.717) is 11.5 Å². The molecule has 3 heteroatoms. The third-order valence-electron chi connectivity index (χ3n) is 5.77. The van der Waals surface area contributed by atoms with Gasteiger partial charge in [0.1, 0.15) is 0 Å². The molecule has 2 aliphatic rings. The lowest BCUT2D eigenvalue weighted by molar-refractivity contribution is -0.110. The molecule has 0 bridgehead atoms. The molecule has 2 heterocycles. The fourth-order valence-corrected chi connectivity index (χ4v) is 4.64. The van der Waals surface area contributed by atoms with Crippen LogP contribution in [0, 0.1) is 5.41 Å². The van der Waals surface area contributed by atoms with Crippen molar-refractivity contribution in [2.24, 2.45) is 5.41 Å². The van der Waals surface area contributed by atoms with Crippen molar-refractivity contribution in [3.05, 3.63) is 0 Å². The summed E-state index contributed by atoms with van der Waals surface area (Å²) >= 11 is 0. The molecule has 1 N–H and O–H groups in total. The van der Waals surface area contributed by atoms with Crippen molar-refractivity contribution in [2.75, 3.05) is 19.8 Å². The molecule has 2 atom stereocenters. The smallest absolute Gasteiger partial charge is 0.0641 e. The Morgan fingerprint density at radius 1 is 1.00 bits per heavy atom. The fourth-order valence-electron chi connectivity index (χ4n) is 4.64. The van der Waals surface area contributed by atoms with E-state index in [0.717, 1.165) is 32.6 Å². The molecular formula is C20H39NO2. The zero-order chi connectivity index (χ0) is 17.0. The molecule has 0 saturated carbocycles. The number of hydrogen-bond donors (Lipinski definition) is 1. The SMILES string of the molecule is CCCCC1(CCNC2CCOC(C)(C)C2)CCOC(C)(C)C1. The second-order valence-corrected chi connectivity index (χ2v) is 9.14. The Morgan fingerprint density at radius 3 is 2.39 bits per heavy atom. The van der Waals surface area contributed by atoms with Gasteiger partial charge in [0.15, 0.2) is 0 Å². The van der Waals surface area contributed by atoms with E-state index in [2.05, 4.69) is 39.9 Å². The number of rotatable bonds is 7. The van der Waals surface area contributed by atoms with Gasteiger partial charge in [-0.25, -0.2) is 0 Å². The molecule has 0 radical (unpaired) electrons. The van der Waals surface area contributed by atoms with Crippen LogP contribution in [-0.2, 0) is 9.47 Å². The molecule has 2 unspecified atom stereocenters. The maximum absolute atomic E-state index is 5.99. The molecule has 136 valence electrons. The highest BCUT2D eigenvalue weighted by molar-refractivity contribution is 4.91. The second kappa shape index (κ2) is 7.84. The maximum atomic E-state index is 5.99. The summed E-state index contributed by atoms with van der Waals surface area (Å²) in [6.07, 6.45) is 10.0. The zero-order valence-corrected chi connectivity index (χ0v) is 16.2. The molecule has 2 fully saturated rings. The van der Waals surface area contributed by atoms with E-state index in [1.807, 2.05) is 0 Å². The number of hydrogen-bond acceptors (Lipinski definition) is 3. The van der Waals surface area contributed by atoms with Gasteiger partial charge < -0.3 is 14.8 Å². The van der Waals surface area contributed by atoms with Gasteiger partial charge in [-0.1, -0.05) is 19.8 Å². The third kappa shape index (κ3) is 6.03. The summed E-state index contributed by atoms with van der Waals surface area (Å²) in [7, 11) is 0. The monoisotopic (exact) mass is 325 g/mol. The molecule has 0 aromatic heterocycles. The normalized spacial score (nSPS) is 33.5. The predicted molar refractivity (Wildman–Crippen MR) is 96.9 cm³/mol. The average molecular weight is 326 g/mol. The molecule has 3 nitrogen and oxygen atoms in total. The van der Waals surface area contributed by atoms with Crippen LogP contribution in [0.15, 0.2) is 0 Å². The Balaban J connectivity index is 1.86. The molecule has 0 aromatic carbocycles. The van der Waals surface area contributed by atoms with Gasteiger partial charge in [-0.05, 0) is 78.2 Å². The van der Waals surface area contributed by atoms with Crippen LogP contribution in [0.2, 0.25) is 0 Å². The summed E-state index contributed by atoms with van der Waals surface area (Å²) < 4.78 is 11.8. The van der Waals surface area contributed by atoms with Crippen molar-refractivity contribution in [2.45, 2.75) is 103 Å². The molecule has 2 rings (SSSR count). The lowest BCUT2D eigenvalue weighted by atomic mass is 9.68. The first kappa shape index (κ1) is 19.2. The second-order valence-electron chi connectivity index (χ2n) is 9.14. The first-order valence-corrected chi connectivity index (χ1v) is 9.77. The van der Waals surface area contributed by atoms with Crippen LogP contribution in [-0.4, -0.2) is 37.0 Å². The number of ether oxygens (including phenoxy) is 2. The van der Waals surface area contributed by atoms with E-state index in [1.54, 1.807) is 0 Å². The molecule has 0 aliphatic carbocycles. The first-order valence-electron chi connectivity index (χ1n) is 9.77. The minimum atomic E-state index is 0.0382. The van der Waals surface area contributed by atoms with Gasteiger partial charge in [-0.3, -0.25) is 0 Å². The Kier molecular flexibility index (Phi) is 6.55. The van der Waals surface area contributed by atoms with Gasteiger partial charge in [0, 0.05) is 19.3 Å². The van der Waals surface area contributed by atoms with E-state index in [9.17, 15) is 0 Å². The minimum Gasteiger partial charge on any atom is -0.376 e. The quantitative estimate of drug-likeness (QED) is 0.736. The molecule has 2 saturated heterocycles. The van der Waals surface area contributed by atoms with Crippen LogP contribution >= 0.6 is 0 Å². The van der Waals surface area contributed by atoms with Gasteiger partial charge in [-0.15, -0.1) is 0 Å². The Bertz CT molecular complexity index is 367. The van der Waals surface area contributed by atoms with E-state index >= 15 is 0 Å². The minimum absolute atomic E-state index is 0.0382. The van der Waals surface area contributed by atoms with E-state index in [-0.39, 0.29) is 11.2 Å². The lowest BCUT2D eigenvalue weighted by Crippen LogP contribution is -2.46. The summed E-state index contributed by atoms with van der Waals surface area (Å²) in [5, 5.41) is 3.83. The topological polar surface area (TPSA) is 30.5 Å². The van der Waals surface area contributed by atoms with Crippen LogP contribution in [0.3, 0.4) is 0 Å². The van der Waals surface area contributed by atoms with Gasteiger partial charge in [0.25, 0.3) is 0 Å². The van der Waals surface area contributed by atoms with E-state index in [4.69, 9.17) is 9.47 Å². The maximum Gasteiger partial charge on any atom is 0.0641 e. The molecular weight excluding hydrogens is 286 g/mol. The van der Waals surface area contributed by atoms with Gasteiger partial charge in [0.2, 0.25) is 0 Å². The predicted octanol–water partition coefficient (Wildman–Crippen LogP) is 4.69.